The first-order chi connectivity index (χ1) is 6.22. The highest BCUT2D eigenvalue weighted by Gasteiger charge is 2.17. The van der Waals surface area contributed by atoms with Gasteiger partial charge in [0.2, 0.25) is 5.91 Å². The number of hydrogen-bond acceptors (Lipinski definition) is 3. The Kier molecular flexibility index (Phi) is 4.97. The van der Waals surface area contributed by atoms with E-state index in [1.165, 1.54) is 18.7 Å². The van der Waals surface area contributed by atoms with Gasteiger partial charge in [0.15, 0.2) is 0 Å². The molecule has 5 heteroatoms. The van der Waals surface area contributed by atoms with Crippen LogP contribution >= 0.6 is 11.8 Å². The minimum Gasteiger partial charge on any atom is -0.480 e. The van der Waals surface area contributed by atoms with Gasteiger partial charge in [-0.3, -0.25) is 9.59 Å². The van der Waals surface area contributed by atoms with Crippen LogP contribution in [0.1, 0.15) is 27.7 Å². The van der Waals surface area contributed by atoms with Crippen molar-refractivity contribution < 1.29 is 14.7 Å². The van der Waals surface area contributed by atoms with E-state index in [9.17, 15) is 9.59 Å². The van der Waals surface area contributed by atoms with Crippen LogP contribution in [0.25, 0.3) is 0 Å². The van der Waals surface area contributed by atoms with Gasteiger partial charge in [0, 0.05) is 4.75 Å². The van der Waals surface area contributed by atoms with Gasteiger partial charge in [-0.25, -0.2) is 0 Å². The SMILES string of the molecule is C[C@@H](NC(=O)CSC(C)(C)C)C(=O)O. The lowest BCUT2D eigenvalue weighted by atomic mass is 10.3. The minimum atomic E-state index is -1.01. The van der Waals surface area contributed by atoms with Crippen molar-refractivity contribution in [3.05, 3.63) is 0 Å². The zero-order valence-electron chi connectivity index (χ0n) is 8.96. The molecule has 0 rings (SSSR count). The van der Waals surface area contributed by atoms with E-state index in [1.54, 1.807) is 0 Å². The molecule has 2 N–H and O–H groups in total. The predicted octanol–water partition coefficient (Wildman–Crippen LogP) is 1.11. The molecule has 0 aliphatic heterocycles. The topological polar surface area (TPSA) is 66.4 Å². The number of carbonyl (C=O) groups is 2. The molecule has 1 atom stereocenters. The average molecular weight is 219 g/mol. The lowest BCUT2D eigenvalue weighted by Crippen LogP contribution is -2.39. The van der Waals surface area contributed by atoms with Crippen LogP contribution in [0.3, 0.4) is 0 Å². The first-order valence-electron chi connectivity index (χ1n) is 4.38. The van der Waals surface area contributed by atoms with Crippen LogP contribution < -0.4 is 5.32 Å². The van der Waals surface area contributed by atoms with Crippen molar-refractivity contribution in [2.75, 3.05) is 5.75 Å². The molecule has 0 aromatic heterocycles. The van der Waals surface area contributed by atoms with Gasteiger partial charge in [-0.1, -0.05) is 20.8 Å². The second-order valence-corrected chi connectivity index (χ2v) is 5.83. The van der Waals surface area contributed by atoms with Crippen molar-refractivity contribution in [1.82, 2.24) is 5.32 Å². The lowest BCUT2D eigenvalue weighted by Gasteiger charge is -2.17. The Balaban J connectivity index is 3.83. The highest BCUT2D eigenvalue weighted by atomic mass is 32.2. The molecule has 14 heavy (non-hydrogen) atoms. The van der Waals surface area contributed by atoms with Crippen LogP contribution in [0.5, 0.6) is 0 Å². The fourth-order valence-corrected chi connectivity index (χ4v) is 1.27. The number of carboxylic acid groups (broad SMARTS) is 1. The number of amides is 1. The molecule has 0 heterocycles. The molecule has 0 spiro atoms. The Morgan fingerprint density at radius 3 is 2.29 bits per heavy atom. The molecule has 0 saturated carbocycles. The largest absolute Gasteiger partial charge is 0.480 e. The monoisotopic (exact) mass is 219 g/mol. The summed E-state index contributed by atoms with van der Waals surface area (Å²) in [7, 11) is 0. The third-order valence-corrected chi connectivity index (χ3v) is 2.66. The Hall–Kier alpha value is -0.710. The zero-order chi connectivity index (χ0) is 11.4. The average Bonchev–Trinajstić information content (AvgIpc) is 1.99. The summed E-state index contributed by atoms with van der Waals surface area (Å²) < 4.78 is 0.0177. The summed E-state index contributed by atoms with van der Waals surface area (Å²) in [5.74, 6) is -0.958. The molecule has 0 aliphatic carbocycles. The van der Waals surface area contributed by atoms with Gasteiger partial charge in [-0.15, -0.1) is 11.8 Å². The maximum atomic E-state index is 11.2. The highest BCUT2D eigenvalue weighted by Crippen LogP contribution is 2.22. The van der Waals surface area contributed by atoms with Crippen LogP contribution in [0, 0.1) is 0 Å². The maximum absolute atomic E-state index is 11.2. The van der Waals surface area contributed by atoms with Crippen molar-refractivity contribution >= 4 is 23.6 Å². The molecule has 1 amide bonds. The summed E-state index contributed by atoms with van der Waals surface area (Å²) in [4.78, 5) is 21.6. The van der Waals surface area contributed by atoms with E-state index in [4.69, 9.17) is 5.11 Å². The van der Waals surface area contributed by atoms with Crippen LogP contribution in [-0.2, 0) is 9.59 Å². The van der Waals surface area contributed by atoms with Gasteiger partial charge < -0.3 is 10.4 Å². The molecular formula is C9H17NO3S. The Bertz CT molecular complexity index is 223. The van der Waals surface area contributed by atoms with Crippen LogP contribution in [-0.4, -0.2) is 33.5 Å². The number of carbonyl (C=O) groups excluding carboxylic acids is 1. The Morgan fingerprint density at radius 1 is 1.43 bits per heavy atom. The van der Waals surface area contributed by atoms with Gasteiger partial charge in [0.05, 0.1) is 5.75 Å². The van der Waals surface area contributed by atoms with Crippen molar-refractivity contribution in [3.8, 4) is 0 Å². The summed E-state index contributed by atoms with van der Waals surface area (Å²) >= 11 is 1.49. The number of hydrogen-bond donors (Lipinski definition) is 2. The maximum Gasteiger partial charge on any atom is 0.325 e. The molecule has 0 aromatic rings. The number of aliphatic carboxylic acids is 1. The number of thioether (sulfide) groups is 1. The van der Waals surface area contributed by atoms with E-state index in [0.29, 0.717) is 5.75 Å². The number of carboxylic acids is 1. The second-order valence-electron chi connectivity index (χ2n) is 4.03. The molecular weight excluding hydrogens is 202 g/mol. The predicted molar refractivity (Wildman–Crippen MR) is 57.5 cm³/mol. The van der Waals surface area contributed by atoms with E-state index in [-0.39, 0.29) is 10.7 Å². The van der Waals surface area contributed by atoms with Crippen LogP contribution in [0.4, 0.5) is 0 Å². The minimum absolute atomic E-state index is 0.0177. The third kappa shape index (κ3) is 6.77. The van der Waals surface area contributed by atoms with E-state index in [0.717, 1.165) is 0 Å². The summed E-state index contributed by atoms with van der Waals surface area (Å²) in [6, 6.07) is -0.817. The summed E-state index contributed by atoms with van der Waals surface area (Å²) in [6.07, 6.45) is 0. The first-order valence-corrected chi connectivity index (χ1v) is 5.37. The summed E-state index contributed by atoms with van der Waals surface area (Å²) in [6.45, 7) is 7.46. The molecule has 82 valence electrons. The molecule has 0 bridgehead atoms. The fraction of sp³-hybridized carbons (Fsp3) is 0.778. The molecule has 0 fully saturated rings. The molecule has 0 aliphatic rings. The van der Waals surface area contributed by atoms with Gasteiger partial charge in [0.1, 0.15) is 6.04 Å². The molecule has 4 nitrogen and oxygen atoms in total. The van der Waals surface area contributed by atoms with Crippen molar-refractivity contribution in [2.45, 2.75) is 38.5 Å². The molecule has 0 aromatic carbocycles. The molecule has 0 saturated heterocycles. The number of rotatable bonds is 4. The van der Waals surface area contributed by atoms with Gasteiger partial charge in [0.25, 0.3) is 0 Å². The molecule has 0 unspecified atom stereocenters. The van der Waals surface area contributed by atoms with E-state index in [2.05, 4.69) is 5.32 Å². The smallest absolute Gasteiger partial charge is 0.325 e. The van der Waals surface area contributed by atoms with Crippen molar-refractivity contribution in [2.24, 2.45) is 0 Å². The third-order valence-electron chi connectivity index (χ3n) is 1.38. The normalized spacial score (nSPS) is 13.4. The number of nitrogens with one attached hydrogen (secondary N) is 1. The summed E-state index contributed by atoms with van der Waals surface area (Å²) in [5, 5.41) is 10.9. The zero-order valence-corrected chi connectivity index (χ0v) is 9.77. The molecule has 0 radical (unpaired) electrons. The standard InChI is InChI=1S/C9H17NO3S/c1-6(8(12)13)10-7(11)5-14-9(2,3)4/h6H,5H2,1-4H3,(H,10,11)(H,12,13)/t6-/m1/s1. The van der Waals surface area contributed by atoms with Crippen molar-refractivity contribution in [1.29, 1.82) is 0 Å². The Morgan fingerprint density at radius 2 is 1.93 bits per heavy atom. The Labute approximate surface area is 88.4 Å². The fourth-order valence-electron chi connectivity index (χ4n) is 0.627. The van der Waals surface area contributed by atoms with E-state index < -0.39 is 12.0 Å². The van der Waals surface area contributed by atoms with Crippen LogP contribution in [0.2, 0.25) is 0 Å². The van der Waals surface area contributed by atoms with Gasteiger partial charge in [-0.05, 0) is 6.92 Å². The van der Waals surface area contributed by atoms with Crippen molar-refractivity contribution in [3.63, 3.8) is 0 Å². The quantitative estimate of drug-likeness (QED) is 0.743. The second kappa shape index (κ2) is 5.24. The highest BCUT2D eigenvalue weighted by molar-refractivity contribution is 8.01. The van der Waals surface area contributed by atoms with Gasteiger partial charge in [-0.2, -0.15) is 0 Å². The van der Waals surface area contributed by atoms with E-state index in [1.807, 2.05) is 20.8 Å². The van der Waals surface area contributed by atoms with E-state index >= 15 is 0 Å². The van der Waals surface area contributed by atoms with Gasteiger partial charge >= 0.3 is 5.97 Å². The lowest BCUT2D eigenvalue weighted by molar-refractivity contribution is -0.140. The summed E-state index contributed by atoms with van der Waals surface area (Å²) in [5.41, 5.74) is 0. The van der Waals surface area contributed by atoms with Crippen LogP contribution in [0.15, 0.2) is 0 Å². The first kappa shape index (κ1) is 13.3.